The first kappa shape index (κ1) is 16.9. The van der Waals surface area contributed by atoms with E-state index in [0.717, 1.165) is 32.5 Å². The fourth-order valence-corrected chi connectivity index (χ4v) is 3.85. The number of fused-ring (bicyclic) bond motifs is 1. The van der Waals surface area contributed by atoms with Gasteiger partial charge in [0.2, 0.25) is 0 Å². The number of nitrogens with zero attached hydrogens (tertiary/aromatic N) is 1. The molecule has 0 aliphatic rings. The molecule has 1 heterocycles. The van der Waals surface area contributed by atoms with E-state index in [0.29, 0.717) is 0 Å². The van der Waals surface area contributed by atoms with Crippen molar-refractivity contribution in [3.63, 3.8) is 0 Å². The lowest BCUT2D eigenvalue weighted by atomic mass is 9.97. The van der Waals surface area contributed by atoms with Gasteiger partial charge in [-0.05, 0) is 35.4 Å². The van der Waals surface area contributed by atoms with E-state index in [4.69, 9.17) is 10.2 Å². The second-order valence-corrected chi connectivity index (χ2v) is 6.81. The molecule has 0 amide bonds. The van der Waals surface area contributed by atoms with Gasteiger partial charge in [0.1, 0.15) is 0 Å². The molecule has 0 radical (unpaired) electrons. The third kappa shape index (κ3) is 3.07. The topological polar surface area (TPSA) is 87.5 Å². The first-order valence-corrected chi connectivity index (χ1v) is 8.96. The molecule has 2 N–H and O–H groups in total. The van der Waals surface area contributed by atoms with Gasteiger partial charge in [0.25, 0.3) is 0 Å². The maximum absolute atomic E-state index is 11.0. The maximum atomic E-state index is 11.0. The fourth-order valence-electron chi connectivity index (χ4n) is 3.00. The summed E-state index contributed by atoms with van der Waals surface area (Å²) in [4.78, 5) is 26.6. The molecule has 0 aliphatic carbocycles. The molecule has 5 nitrogen and oxygen atoms in total. The highest BCUT2D eigenvalue weighted by Crippen LogP contribution is 2.37. The van der Waals surface area contributed by atoms with Crippen LogP contribution in [0.4, 0.5) is 0 Å². The van der Waals surface area contributed by atoms with E-state index in [1.807, 2.05) is 12.1 Å². The number of carbonyl (C=O) groups is 2. The molecule has 0 atom stereocenters. The first-order valence-electron chi connectivity index (χ1n) is 8.08. The minimum Gasteiger partial charge on any atom is -0.478 e. The normalized spacial score (nSPS) is 10.8. The van der Waals surface area contributed by atoms with Gasteiger partial charge in [-0.2, -0.15) is 0 Å². The quantitative estimate of drug-likeness (QED) is 0.522. The van der Waals surface area contributed by atoms with Crippen molar-refractivity contribution in [3.05, 3.63) is 77.3 Å². The van der Waals surface area contributed by atoms with E-state index in [-0.39, 0.29) is 11.1 Å². The first-order chi connectivity index (χ1) is 13.0. The molecule has 0 spiro atoms. The molecule has 1 aromatic heterocycles. The molecule has 0 aliphatic heterocycles. The predicted molar refractivity (Wildman–Crippen MR) is 104 cm³/mol. The fraction of sp³-hybridized carbons (Fsp3) is 0. The van der Waals surface area contributed by atoms with Crippen LogP contribution in [0.15, 0.2) is 66.2 Å². The van der Waals surface area contributed by atoms with Crippen LogP contribution in [-0.4, -0.2) is 27.1 Å². The largest absolute Gasteiger partial charge is 0.478 e. The van der Waals surface area contributed by atoms with Gasteiger partial charge in [-0.3, -0.25) is 0 Å². The average Bonchev–Trinajstić information content (AvgIpc) is 3.17. The molecule has 6 heteroatoms. The Morgan fingerprint density at radius 2 is 1.19 bits per heavy atom. The Kier molecular flexibility index (Phi) is 4.18. The summed E-state index contributed by atoms with van der Waals surface area (Å²) in [6, 6.07) is 17.4. The lowest BCUT2D eigenvalue weighted by Gasteiger charge is -2.08. The standard InChI is InChI=1S/C21H13NO4S/c23-20(24)14-5-1-12(2-6-14)16-9-10-17(19-18(16)22-11-27-19)13-3-7-15(8-4-13)21(25)26/h1-11H,(H,23,24)(H,25,26). The SMILES string of the molecule is O=C(O)c1ccc(-c2ccc(-c3ccc(C(=O)O)cc3)c3scnc23)cc1. The molecule has 132 valence electrons. The highest BCUT2D eigenvalue weighted by molar-refractivity contribution is 7.17. The summed E-state index contributed by atoms with van der Waals surface area (Å²) in [5.41, 5.74) is 6.81. The van der Waals surface area contributed by atoms with Crippen LogP contribution in [0.1, 0.15) is 20.7 Å². The number of rotatable bonds is 4. The monoisotopic (exact) mass is 375 g/mol. The number of thiazole rings is 1. The summed E-state index contributed by atoms with van der Waals surface area (Å²) in [6.45, 7) is 0. The molecule has 0 saturated heterocycles. The highest BCUT2D eigenvalue weighted by atomic mass is 32.1. The van der Waals surface area contributed by atoms with E-state index in [2.05, 4.69) is 4.98 Å². The van der Waals surface area contributed by atoms with Crippen molar-refractivity contribution in [2.45, 2.75) is 0 Å². The Balaban J connectivity index is 1.80. The lowest BCUT2D eigenvalue weighted by molar-refractivity contribution is 0.0686. The number of hydrogen-bond acceptors (Lipinski definition) is 4. The smallest absolute Gasteiger partial charge is 0.335 e. The van der Waals surface area contributed by atoms with Crippen LogP contribution in [0.25, 0.3) is 32.5 Å². The van der Waals surface area contributed by atoms with E-state index in [1.54, 1.807) is 54.0 Å². The van der Waals surface area contributed by atoms with Gasteiger partial charge in [-0.25, -0.2) is 14.6 Å². The zero-order valence-electron chi connectivity index (χ0n) is 13.9. The second kappa shape index (κ2) is 6.66. The van der Waals surface area contributed by atoms with Gasteiger partial charge < -0.3 is 10.2 Å². The van der Waals surface area contributed by atoms with Gasteiger partial charge in [-0.15, -0.1) is 11.3 Å². The summed E-state index contributed by atoms with van der Waals surface area (Å²) >= 11 is 1.51. The van der Waals surface area contributed by atoms with Crippen molar-refractivity contribution in [1.29, 1.82) is 0 Å². The van der Waals surface area contributed by atoms with Gasteiger partial charge in [-0.1, -0.05) is 36.4 Å². The third-order valence-electron chi connectivity index (χ3n) is 4.37. The Labute approximate surface area is 158 Å². The third-order valence-corrected chi connectivity index (χ3v) is 5.23. The van der Waals surface area contributed by atoms with E-state index in [9.17, 15) is 9.59 Å². The number of aromatic carboxylic acids is 2. The molecule has 4 aromatic rings. The molecule has 0 fully saturated rings. The Morgan fingerprint density at radius 1 is 0.704 bits per heavy atom. The van der Waals surface area contributed by atoms with Crippen molar-refractivity contribution < 1.29 is 19.8 Å². The molecular formula is C21H13NO4S. The summed E-state index contributed by atoms with van der Waals surface area (Å²) in [5, 5.41) is 18.1. The van der Waals surface area contributed by atoms with Crippen LogP contribution in [-0.2, 0) is 0 Å². The van der Waals surface area contributed by atoms with Gasteiger partial charge >= 0.3 is 11.9 Å². The van der Waals surface area contributed by atoms with Gasteiger partial charge in [0.15, 0.2) is 0 Å². The number of carboxylic acid groups (broad SMARTS) is 2. The maximum Gasteiger partial charge on any atom is 0.335 e. The summed E-state index contributed by atoms with van der Waals surface area (Å²) in [5.74, 6) is -1.91. The van der Waals surface area contributed by atoms with Gasteiger partial charge in [0.05, 0.1) is 26.9 Å². The van der Waals surface area contributed by atoms with Crippen LogP contribution in [0, 0.1) is 0 Å². The summed E-state index contributed by atoms with van der Waals surface area (Å²) < 4.78 is 0.998. The van der Waals surface area contributed by atoms with Crippen molar-refractivity contribution in [2.75, 3.05) is 0 Å². The molecule has 0 bridgehead atoms. The lowest BCUT2D eigenvalue weighted by Crippen LogP contribution is -1.95. The van der Waals surface area contributed by atoms with Crippen molar-refractivity contribution in [2.24, 2.45) is 0 Å². The van der Waals surface area contributed by atoms with Crippen LogP contribution in [0.5, 0.6) is 0 Å². The molecular weight excluding hydrogens is 362 g/mol. The summed E-state index contributed by atoms with van der Waals surface area (Å²) in [7, 11) is 0. The van der Waals surface area contributed by atoms with Crippen LogP contribution in [0.3, 0.4) is 0 Å². The van der Waals surface area contributed by atoms with E-state index < -0.39 is 11.9 Å². The van der Waals surface area contributed by atoms with Crippen LogP contribution in [0.2, 0.25) is 0 Å². The molecule has 3 aromatic carbocycles. The number of carboxylic acids is 2. The highest BCUT2D eigenvalue weighted by Gasteiger charge is 2.13. The zero-order chi connectivity index (χ0) is 19.0. The molecule has 0 saturated carbocycles. The van der Waals surface area contributed by atoms with Crippen LogP contribution < -0.4 is 0 Å². The van der Waals surface area contributed by atoms with Crippen molar-refractivity contribution in [3.8, 4) is 22.3 Å². The van der Waals surface area contributed by atoms with Crippen molar-refractivity contribution in [1.82, 2.24) is 4.98 Å². The number of aromatic nitrogens is 1. The van der Waals surface area contributed by atoms with E-state index in [1.165, 1.54) is 11.3 Å². The average molecular weight is 375 g/mol. The van der Waals surface area contributed by atoms with Crippen molar-refractivity contribution >= 4 is 33.5 Å². The number of hydrogen-bond donors (Lipinski definition) is 2. The van der Waals surface area contributed by atoms with Gasteiger partial charge in [0, 0.05) is 11.1 Å². The number of benzene rings is 3. The summed E-state index contributed by atoms with van der Waals surface area (Å²) in [6.07, 6.45) is 0. The Hall–Kier alpha value is -3.51. The molecule has 0 unspecified atom stereocenters. The van der Waals surface area contributed by atoms with E-state index >= 15 is 0 Å². The van der Waals surface area contributed by atoms with Crippen LogP contribution >= 0.6 is 11.3 Å². The minimum absolute atomic E-state index is 0.239. The Morgan fingerprint density at radius 3 is 1.70 bits per heavy atom. The second-order valence-electron chi connectivity index (χ2n) is 5.96. The molecule has 4 rings (SSSR count). The predicted octanol–water partition coefficient (Wildman–Crippen LogP) is 5.03. The Bertz CT molecular complexity index is 1070. The molecule has 27 heavy (non-hydrogen) atoms. The minimum atomic E-state index is -0.958. The zero-order valence-corrected chi connectivity index (χ0v) is 14.7.